The average Bonchev–Trinajstić information content (AvgIpc) is 3.00. The van der Waals surface area contributed by atoms with Crippen LogP contribution in [-0.2, 0) is 6.54 Å². The van der Waals surface area contributed by atoms with Crippen LogP contribution in [0.15, 0.2) is 34.4 Å². The molecule has 1 aliphatic heterocycles. The molecule has 2 aromatic heterocycles. The highest BCUT2D eigenvalue weighted by Crippen LogP contribution is 2.30. The summed E-state index contributed by atoms with van der Waals surface area (Å²) in [5, 5.41) is 2.53. The molecule has 1 aromatic carbocycles. The lowest BCUT2D eigenvalue weighted by atomic mass is 10.0. The number of benzene rings is 1. The van der Waals surface area contributed by atoms with Crippen molar-refractivity contribution < 1.29 is 9.29 Å². The molecule has 3 heterocycles. The van der Waals surface area contributed by atoms with Crippen LogP contribution in [0.25, 0.3) is 21.3 Å². The molecule has 0 bridgehead atoms. The van der Waals surface area contributed by atoms with E-state index in [1.54, 1.807) is 12.1 Å². The van der Waals surface area contributed by atoms with E-state index in [4.69, 9.17) is 0 Å². The summed E-state index contributed by atoms with van der Waals surface area (Å²) >= 11 is 1.47. The highest BCUT2D eigenvalue weighted by molar-refractivity contribution is 7.17. The molecular weight excluding hydrogens is 337 g/mol. The molecule has 4 nitrogen and oxygen atoms in total. The number of likely N-dealkylation sites (tertiary alicyclic amines) is 1. The van der Waals surface area contributed by atoms with Crippen LogP contribution in [0.5, 0.6) is 0 Å². The van der Waals surface area contributed by atoms with Gasteiger partial charge in [0.05, 0.1) is 18.5 Å². The SMILES string of the molecule is C[C@@H]1CCC[NH+](Cc2nc3scc(-c4ccc(F)cc4)c3c(=O)[nH]2)C1. The normalized spacial score (nSPS) is 20.9. The first kappa shape index (κ1) is 16.4. The first-order valence-electron chi connectivity index (χ1n) is 8.70. The van der Waals surface area contributed by atoms with Gasteiger partial charge in [-0.1, -0.05) is 19.1 Å². The molecule has 2 atom stereocenters. The highest BCUT2D eigenvalue weighted by atomic mass is 32.1. The van der Waals surface area contributed by atoms with Crippen LogP contribution in [0.1, 0.15) is 25.6 Å². The fourth-order valence-electron chi connectivity index (χ4n) is 3.71. The van der Waals surface area contributed by atoms with E-state index >= 15 is 0 Å². The van der Waals surface area contributed by atoms with Gasteiger partial charge in [0.2, 0.25) is 0 Å². The second-order valence-electron chi connectivity index (χ2n) is 6.98. The number of quaternary nitrogens is 1. The number of thiophene rings is 1. The van der Waals surface area contributed by atoms with Crippen LogP contribution in [0.4, 0.5) is 4.39 Å². The molecule has 1 saturated heterocycles. The molecule has 0 saturated carbocycles. The molecule has 0 radical (unpaired) electrons. The average molecular weight is 358 g/mol. The number of aromatic amines is 1. The van der Waals surface area contributed by atoms with Crippen LogP contribution in [0.3, 0.4) is 0 Å². The summed E-state index contributed by atoms with van der Waals surface area (Å²) in [7, 11) is 0. The minimum absolute atomic E-state index is 0.106. The molecule has 1 fully saturated rings. The third-order valence-corrected chi connectivity index (χ3v) is 5.80. The Morgan fingerprint density at radius 3 is 2.92 bits per heavy atom. The fraction of sp³-hybridized carbons (Fsp3) is 0.368. The van der Waals surface area contributed by atoms with E-state index in [1.807, 2.05) is 5.38 Å². The lowest BCUT2D eigenvalue weighted by Gasteiger charge is -2.27. The first-order valence-corrected chi connectivity index (χ1v) is 9.58. The van der Waals surface area contributed by atoms with Gasteiger partial charge in [0.15, 0.2) is 5.82 Å². The van der Waals surface area contributed by atoms with Gasteiger partial charge in [0, 0.05) is 16.9 Å². The second-order valence-corrected chi connectivity index (χ2v) is 7.84. The molecule has 0 spiro atoms. The predicted octanol–water partition coefficient (Wildman–Crippen LogP) is 2.61. The quantitative estimate of drug-likeness (QED) is 0.756. The van der Waals surface area contributed by atoms with Gasteiger partial charge in [-0.25, -0.2) is 9.37 Å². The summed E-state index contributed by atoms with van der Waals surface area (Å²) in [4.78, 5) is 22.5. The van der Waals surface area contributed by atoms with Crippen molar-refractivity contribution in [3.63, 3.8) is 0 Å². The zero-order valence-electron chi connectivity index (χ0n) is 14.1. The number of rotatable bonds is 3. The van der Waals surface area contributed by atoms with Gasteiger partial charge >= 0.3 is 0 Å². The molecule has 2 N–H and O–H groups in total. The van der Waals surface area contributed by atoms with Crippen molar-refractivity contribution in [2.45, 2.75) is 26.3 Å². The second kappa shape index (κ2) is 6.69. The number of aromatic nitrogens is 2. The zero-order chi connectivity index (χ0) is 17.4. The number of nitrogens with zero attached hydrogens (tertiary/aromatic N) is 1. The van der Waals surface area contributed by atoms with E-state index in [-0.39, 0.29) is 11.4 Å². The number of halogens is 1. The Balaban J connectivity index is 1.67. The van der Waals surface area contributed by atoms with Gasteiger partial charge in [-0.3, -0.25) is 4.79 Å². The van der Waals surface area contributed by atoms with Gasteiger partial charge in [-0.2, -0.15) is 0 Å². The van der Waals surface area contributed by atoms with Crippen molar-refractivity contribution in [1.82, 2.24) is 9.97 Å². The minimum atomic E-state index is -0.281. The van der Waals surface area contributed by atoms with Crippen molar-refractivity contribution in [3.8, 4) is 11.1 Å². The Kier molecular flexibility index (Phi) is 4.39. The van der Waals surface area contributed by atoms with Crippen LogP contribution in [0, 0.1) is 11.7 Å². The molecule has 3 aromatic rings. The summed E-state index contributed by atoms with van der Waals surface area (Å²) in [5.74, 6) is 1.21. The topological polar surface area (TPSA) is 50.2 Å². The monoisotopic (exact) mass is 358 g/mol. The molecule has 130 valence electrons. The molecule has 4 rings (SSSR count). The van der Waals surface area contributed by atoms with Gasteiger partial charge in [0.1, 0.15) is 17.2 Å². The minimum Gasteiger partial charge on any atom is -0.328 e. The standard InChI is InChI=1S/C19H20FN3OS/c1-12-3-2-8-23(9-12)10-16-21-18(24)17-15(11-25-19(17)22-16)13-4-6-14(20)7-5-13/h4-7,11-12H,2-3,8-10H2,1H3,(H,21,22,24)/p+1/t12-/m1/s1. The number of fused-ring (bicyclic) bond motifs is 1. The van der Waals surface area contributed by atoms with E-state index in [0.717, 1.165) is 47.3 Å². The summed E-state index contributed by atoms with van der Waals surface area (Å²) < 4.78 is 13.1. The summed E-state index contributed by atoms with van der Waals surface area (Å²) in [5.41, 5.74) is 1.55. The van der Waals surface area contributed by atoms with Gasteiger partial charge in [0.25, 0.3) is 5.56 Å². The van der Waals surface area contributed by atoms with Crippen LogP contribution >= 0.6 is 11.3 Å². The van der Waals surface area contributed by atoms with E-state index in [2.05, 4.69) is 16.9 Å². The van der Waals surface area contributed by atoms with Crippen molar-refractivity contribution >= 4 is 21.6 Å². The molecular formula is C19H21FN3OS+. The number of nitrogens with one attached hydrogen (secondary N) is 2. The maximum absolute atomic E-state index is 13.1. The Labute approximate surface area is 149 Å². The van der Waals surface area contributed by atoms with Crippen LogP contribution < -0.4 is 10.5 Å². The number of H-pyrrole nitrogens is 1. The molecule has 0 amide bonds. The summed E-state index contributed by atoms with van der Waals surface area (Å²) in [6, 6.07) is 6.22. The molecule has 1 unspecified atom stereocenters. The van der Waals surface area contributed by atoms with Crippen molar-refractivity contribution in [1.29, 1.82) is 0 Å². The Morgan fingerprint density at radius 2 is 2.16 bits per heavy atom. The Morgan fingerprint density at radius 1 is 1.36 bits per heavy atom. The number of hydrogen-bond donors (Lipinski definition) is 2. The predicted molar refractivity (Wildman–Crippen MR) is 98.4 cm³/mol. The molecule has 25 heavy (non-hydrogen) atoms. The lowest BCUT2D eigenvalue weighted by Crippen LogP contribution is -3.12. The zero-order valence-corrected chi connectivity index (χ0v) is 15.0. The third-order valence-electron chi connectivity index (χ3n) is 4.93. The number of piperidine rings is 1. The third kappa shape index (κ3) is 3.37. The molecule has 1 aliphatic rings. The van der Waals surface area contributed by atoms with E-state index in [9.17, 15) is 9.18 Å². The summed E-state index contributed by atoms with van der Waals surface area (Å²) in [6.45, 7) is 5.32. The largest absolute Gasteiger partial charge is 0.328 e. The van der Waals surface area contributed by atoms with Crippen LogP contribution in [0.2, 0.25) is 0 Å². The van der Waals surface area contributed by atoms with Crippen molar-refractivity contribution in [2.24, 2.45) is 5.92 Å². The summed E-state index contributed by atoms with van der Waals surface area (Å²) in [6.07, 6.45) is 2.52. The maximum atomic E-state index is 13.1. The van der Waals surface area contributed by atoms with Crippen molar-refractivity contribution in [3.05, 3.63) is 51.6 Å². The molecule has 6 heteroatoms. The van der Waals surface area contributed by atoms with E-state index < -0.39 is 0 Å². The number of hydrogen-bond acceptors (Lipinski definition) is 3. The highest BCUT2D eigenvalue weighted by Gasteiger charge is 2.21. The van der Waals surface area contributed by atoms with Gasteiger partial charge in [-0.05, 0) is 30.5 Å². The van der Waals surface area contributed by atoms with E-state index in [1.165, 1.54) is 41.2 Å². The fourth-order valence-corrected chi connectivity index (χ4v) is 4.68. The Bertz CT molecular complexity index is 947. The maximum Gasteiger partial charge on any atom is 0.260 e. The van der Waals surface area contributed by atoms with Crippen molar-refractivity contribution in [2.75, 3.05) is 13.1 Å². The smallest absolute Gasteiger partial charge is 0.260 e. The first-order chi connectivity index (χ1) is 12.1. The molecule has 0 aliphatic carbocycles. The Hall–Kier alpha value is -2.05. The van der Waals surface area contributed by atoms with E-state index in [0.29, 0.717) is 5.39 Å². The van der Waals surface area contributed by atoms with Gasteiger partial charge in [-0.15, -0.1) is 11.3 Å². The van der Waals surface area contributed by atoms with Crippen LogP contribution in [-0.4, -0.2) is 23.1 Å². The van der Waals surface area contributed by atoms with Gasteiger partial charge < -0.3 is 9.88 Å². The lowest BCUT2D eigenvalue weighted by molar-refractivity contribution is -0.922.